The number of rotatable bonds is 6. The van der Waals surface area contributed by atoms with Gasteiger partial charge in [-0.25, -0.2) is 0 Å². The van der Waals surface area contributed by atoms with Crippen LogP contribution in [0.1, 0.15) is 18.0 Å². The lowest BCUT2D eigenvalue weighted by Gasteiger charge is -2.28. The lowest BCUT2D eigenvalue weighted by atomic mass is 10.0. The quantitative estimate of drug-likeness (QED) is 0.402. The van der Waals surface area contributed by atoms with Crippen LogP contribution >= 0.6 is 0 Å². The highest BCUT2D eigenvalue weighted by molar-refractivity contribution is 5.86. The van der Waals surface area contributed by atoms with E-state index in [1.54, 1.807) is 14.2 Å². The van der Waals surface area contributed by atoms with Crippen molar-refractivity contribution in [3.05, 3.63) is 29.8 Å². The number of nitrogens with zero attached hydrogens (tertiary/aromatic N) is 1. The molecule has 1 aliphatic rings. The van der Waals surface area contributed by atoms with E-state index in [-0.39, 0.29) is 18.5 Å². The molecule has 1 amide bonds. The van der Waals surface area contributed by atoms with Crippen molar-refractivity contribution in [2.75, 3.05) is 40.5 Å². The predicted octanol–water partition coefficient (Wildman–Crippen LogP) is 0.438. The Hall–Kier alpha value is -2.28. The number of ether oxygens (including phenoxy) is 2. The van der Waals surface area contributed by atoms with Gasteiger partial charge in [0.05, 0.1) is 25.8 Å². The number of para-hydroxylation sites is 1. The standard InChI is InChI=1S/C16H24N4O3/c1-17-16(19-11-15(21)18-8-10-22-2)20-13-7-9-23-14-6-4-3-5-12(13)14/h3-6,13H,7-11H2,1-2H3,(H,18,21)(H2,17,19,20). The van der Waals surface area contributed by atoms with E-state index in [0.717, 1.165) is 17.7 Å². The van der Waals surface area contributed by atoms with Crippen molar-refractivity contribution in [1.82, 2.24) is 16.0 Å². The minimum Gasteiger partial charge on any atom is -0.493 e. The molecule has 2 rings (SSSR count). The Morgan fingerprint density at radius 2 is 2.22 bits per heavy atom. The zero-order valence-electron chi connectivity index (χ0n) is 13.6. The number of guanidine groups is 1. The molecule has 7 nitrogen and oxygen atoms in total. The highest BCUT2D eigenvalue weighted by Crippen LogP contribution is 2.31. The first-order valence-corrected chi connectivity index (χ1v) is 7.69. The van der Waals surface area contributed by atoms with Crippen LogP contribution in [0.5, 0.6) is 5.75 Å². The normalized spacial score (nSPS) is 17.0. The minimum absolute atomic E-state index is 0.0997. The largest absolute Gasteiger partial charge is 0.493 e. The van der Waals surface area contributed by atoms with E-state index >= 15 is 0 Å². The molecule has 1 unspecified atom stereocenters. The van der Waals surface area contributed by atoms with Gasteiger partial charge in [-0.2, -0.15) is 0 Å². The number of hydrogen-bond acceptors (Lipinski definition) is 4. The molecule has 0 fully saturated rings. The van der Waals surface area contributed by atoms with Gasteiger partial charge in [0, 0.05) is 32.7 Å². The van der Waals surface area contributed by atoms with Crippen molar-refractivity contribution in [1.29, 1.82) is 0 Å². The Bertz CT molecular complexity index is 548. The number of nitrogens with one attached hydrogen (secondary N) is 3. The van der Waals surface area contributed by atoms with E-state index in [1.165, 1.54) is 0 Å². The smallest absolute Gasteiger partial charge is 0.239 e. The molecule has 0 aromatic heterocycles. The number of carbonyl (C=O) groups excluding carboxylic acids is 1. The summed E-state index contributed by atoms with van der Waals surface area (Å²) in [7, 11) is 3.28. The van der Waals surface area contributed by atoms with Crippen molar-refractivity contribution in [3.63, 3.8) is 0 Å². The monoisotopic (exact) mass is 320 g/mol. The van der Waals surface area contributed by atoms with E-state index < -0.39 is 0 Å². The molecular weight excluding hydrogens is 296 g/mol. The lowest BCUT2D eigenvalue weighted by molar-refractivity contribution is -0.120. The molecule has 23 heavy (non-hydrogen) atoms. The molecule has 1 aromatic carbocycles. The fourth-order valence-electron chi connectivity index (χ4n) is 2.37. The van der Waals surface area contributed by atoms with Crippen molar-refractivity contribution in [2.45, 2.75) is 12.5 Å². The Morgan fingerprint density at radius 3 is 3.00 bits per heavy atom. The average Bonchev–Trinajstić information content (AvgIpc) is 2.59. The molecule has 0 radical (unpaired) electrons. The molecule has 1 heterocycles. The van der Waals surface area contributed by atoms with E-state index in [0.29, 0.717) is 25.7 Å². The van der Waals surface area contributed by atoms with Gasteiger partial charge in [-0.1, -0.05) is 18.2 Å². The summed E-state index contributed by atoms with van der Waals surface area (Å²) in [5, 5.41) is 9.11. The number of benzene rings is 1. The Labute approximate surface area is 136 Å². The second-order valence-corrected chi connectivity index (χ2v) is 5.14. The minimum atomic E-state index is -0.0997. The fourth-order valence-corrected chi connectivity index (χ4v) is 2.37. The van der Waals surface area contributed by atoms with E-state index in [2.05, 4.69) is 20.9 Å². The van der Waals surface area contributed by atoms with Gasteiger partial charge in [-0.05, 0) is 6.07 Å². The molecule has 3 N–H and O–H groups in total. The molecule has 0 saturated heterocycles. The first-order valence-electron chi connectivity index (χ1n) is 7.69. The molecule has 0 spiro atoms. The first-order chi connectivity index (χ1) is 11.2. The lowest BCUT2D eigenvalue weighted by Crippen LogP contribution is -2.45. The second-order valence-electron chi connectivity index (χ2n) is 5.14. The molecule has 0 saturated carbocycles. The third-order valence-electron chi connectivity index (χ3n) is 3.54. The van der Waals surface area contributed by atoms with Gasteiger partial charge in [0.1, 0.15) is 5.75 Å². The Morgan fingerprint density at radius 1 is 1.39 bits per heavy atom. The van der Waals surface area contributed by atoms with Gasteiger partial charge in [0.25, 0.3) is 0 Å². The van der Waals surface area contributed by atoms with Crippen LogP contribution < -0.4 is 20.7 Å². The number of hydrogen-bond donors (Lipinski definition) is 3. The topological polar surface area (TPSA) is 84.0 Å². The summed E-state index contributed by atoms with van der Waals surface area (Å²) in [5.74, 6) is 1.38. The van der Waals surface area contributed by atoms with Crippen LogP contribution in [0.3, 0.4) is 0 Å². The molecule has 1 aliphatic heterocycles. The first kappa shape index (κ1) is 17.1. The van der Waals surface area contributed by atoms with Crippen LogP contribution in [-0.4, -0.2) is 52.3 Å². The number of aliphatic imine (C=N–C) groups is 1. The molecule has 7 heteroatoms. The Balaban J connectivity index is 1.85. The predicted molar refractivity (Wildman–Crippen MR) is 88.7 cm³/mol. The van der Waals surface area contributed by atoms with Crippen LogP contribution in [0.15, 0.2) is 29.3 Å². The van der Waals surface area contributed by atoms with E-state index in [9.17, 15) is 4.79 Å². The van der Waals surface area contributed by atoms with E-state index in [1.807, 2.05) is 24.3 Å². The van der Waals surface area contributed by atoms with Gasteiger partial charge in [0.15, 0.2) is 5.96 Å². The summed E-state index contributed by atoms with van der Waals surface area (Å²) in [6, 6.07) is 8.06. The maximum absolute atomic E-state index is 11.7. The number of amides is 1. The summed E-state index contributed by atoms with van der Waals surface area (Å²) in [5.41, 5.74) is 1.10. The molecule has 1 aromatic rings. The highest BCUT2D eigenvalue weighted by atomic mass is 16.5. The molecule has 0 bridgehead atoms. The van der Waals surface area contributed by atoms with E-state index in [4.69, 9.17) is 9.47 Å². The van der Waals surface area contributed by atoms with Gasteiger partial charge in [-0.15, -0.1) is 0 Å². The van der Waals surface area contributed by atoms with Gasteiger partial charge >= 0.3 is 0 Å². The number of fused-ring (bicyclic) bond motifs is 1. The van der Waals surface area contributed by atoms with Crippen LogP contribution in [0.4, 0.5) is 0 Å². The van der Waals surface area contributed by atoms with Crippen molar-refractivity contribution in [3.8, 4) is 5.75 Å². The summed E-state index contributed by atoms with van der Waals surface area (Å²) in [6.45, 7) is 1.81. The van der Waals surface area contributed by atoms with Crippen molar-refractivity contribution in [2.24, 2.45) is 4.99 Å². The van der Waals surface area contributed by atoms with Crippen molar-refractivity contribution < 1.29 is 14.3 Å². The maximum Gasteiger partial charge on any atom is 0.239 e. The maximum atomic E-state index is 11.7. The summed E-state index contributed by atoms with van der Waals surface area (Å²) >= 11 is 0. The van der Waals surface area contributed by atoms with Crippen LogP contribution in [0.2, 0.25) is 0 Å². The fraction of sp³-hybridized carbons (Fsp3) is 0.500. The second kappa shape index (κ2) is 8.99. The summed E-state index contributed by atoms with van der Waals surface area (Å²) < 4.78 is 10.5. The Kier molecular flexibility index (Phi) is 6.68. The number of methoxy groups -OCH3 is 1. The zero-order valence-corrected chi connectivity index (χ0v) is 13.6. The van der Waals surface area contributed by atoms with Gasteiger partial charge in [0.2, 0.25) is 5.91 Å². The molecule has 126 valence electrons. The summed E-state index contributed by atoms with van der Waals surface area (Å²) in [6.07, 6.45) is 0.845. The number of carbonyl (C=O) groups is 1. The highest BCUT2D eigenvalue weighted by Gasteiger charge is 2.21. The van der Waals surface area contributed by atoms with Gasteiger partial charge in [-0.3, -0.25) is 9.79 Å². The SMILES string of the molecule is CN=C(NCC(=O)NCCOC)NC1CCOc2ccccc21. The van der Waals surface area contributed by atoms with Gasteiger partial charge < -0.3 is 25.4 Å². The van der Waals surface area contributed by atoms with Crippen molar-refractivity contribution >= 4 is 11.9 Å². The zero-order chi connectivity index (χ0) is 16.5. The molecule has 0 aliphatic carbocycles. The average molecular weight is 320 g/mol. The van der Waals surface area contributed by atoms with Crippen LogP contribution in [0, 0.1) is 0 Å². The van der Waals surface area contributed by atoms with Crippen LogP contribution in [-0.2, 0) is 9.53 Å². The molecule has 1 atom stereocenters. The third kappa shape index (κ3) is 5.14. The molecular formula is C16H24N4O3. The van der Waals surface area contributed by atoms with Crippen LogP contribution in [0.25, 0.3) is 0 Å². The third-order valence-corrected chi connectivity index (χ3v) is 3.54. The summed E-state index contributed by atoms with van der Waals surface area (Å²) in [4.78, 5) is 15.9.